The lowest BCUT2D eigenvalue weighted by molar-refractivity contribution is 0.545. The Balaban J connectivity index is 1.08. The van der Waals surface area contributed by atoms with Crippen molar-refractivity contribution in [2.75, 3.05) is 9.80 Å². The monoisotopic (exact) mass is 830 g/mol. The van der Waals surface area contributed by atoms with Gasteiger partial charge < -0.3 is 14.2 Å². The Morgan fingerprint density at radius 3 is 2.00 bits per heavy atom. The zero-order chi connectivity index (χ0) is 44.0. The van der Waals surface area contributed by atoms with Crippen LogP contribution in [0.25, 0.3) is 27.7 Å². The minimum Gasteiger partial charge on any atom is -0.460 e. The molecule has 0 bridgehead atoms. The van der Waals surface area contributed by atoms with Gasteiger partial charge in [0, 0.05) is 56.9 Å². The van der Waals surface area contributed by atoms with E-state index >= 15 is 0 Å². The van der Waals surface area contributed by atoms with E-state index in [1.54, 1.807) is 0 Å². The Morgan fingerprint density at radius 1 is 0.578 bits per heavy atom. The van der Waals surface area contributed by atoms with Gasteiger partial charge in [0.15, 0.2) is 0 Å². The Morgan fingerprint density at radius 2 is 1.23 bits per heavy atom. The van der Waals surface area contributed by atoms with Crippen molar-refractivity contribution >= 4 is 73.8 Å². The van der Waals surface area contributed by atoms with Gasteiger partial charge in [0.05, 0.1) is 0 Å². The van der Waals surface area contributed by atoms with E-state index in [0.717, 1.165) is 29.9 Å². The summed E-state index contributed by atoms with van der Waals surface area (Å²) in [5, 5.41) is 1.19. The molecule has 2 aliphatic carbocycles. The highest BCUT2D eigenvalue weighted by molar-refractivity contribution is 7.00. The third-order valence-corrected chi connectivity index (χ3v) is 14.9. The SMILES string of the molecule is Cc1cc2c3c(c1)N(c1ccc4c(c1)C(C)(C)c1ccccc1-4)c1cc(C(C)(C)C)ccc1B3c1cc(C(C)(C)C)ccc1N2c1ccc(C2=CCCc3oc4ccccc4c32)cc1. The molecule has 1 aromatic heterocycles. The Labute approximate surface area is 379 Å². The van der Waals surface area contributed by atoms with Gasteiger partial charge >= 0.3 is 0 Å². The van der Waals surface area contributed by atoms with E-state index in [-0.39, 0.29) is 23.0 Å². The second-order valence-electron chi connectivity index (χ2n) is 21.4. The van der Waals surface area contributed by atoms with E-state index in [9.17, 15) is 0 Å². The molecule has 4 aliphatic rings. The minimum absolute atomic E-state index is 0.0177. The van der Waals surface area contributed by atoms with Gasteiger partial charge in [-0.25, -0.2) is 0 Å². The average Bonchev–Trinajstić information content (AvgIpc) is 3.77. The maximum Gasteiger partial charge on any atom is 0.252 e. The molecule has 4 heteroatoms. The molecule has 0 fully saturated rings. The molecule has 7 aromatic carbocycles. The molecule has 0 saturated carbocycles. The van der Waals surface area contributed by atoms with Crippen molar-refractivity contribution in [3.05, 3.63) is 190 Å². The summed E-state index contributed by atoms with van der Waals surface area (Å²) in [6, 6.07) is 53.6. The predicted octanol–water partition coefficient (Wildman–Crippen LogP) is 14.1. The molecular weight excluding hydrogens is 775 g/mol. The van der Waals surface area contributed by atoms with Crippen LogP contribution >= 0.6 is 0 Å². The number of fused-ring (bicyclic) bond motifs is 10. The topological polar surface area (TPSA) is 19.6 Å². The van der Waals surface area contributed by atoms with Crippen LogP contribution in [0.4, 0.5) is 34.1 Å². The summed E-state index contributed by atoms with van der Waals surface area (Å²) >= 11 is 0. The summed E-state index contributed by atoms with van der Waals surface area (Å²) < 4.78 is 6.40. The number of benzene rings is 7. The summed E-state index contributed by atoms with van der Waals surface area (Å²) in [6.45, 7) is 21.1. The van der Waals surface area contributed by atoms with Gasteiger partial charge in [0.2, 0.25) is 0 Å². The lowest BCUT2D eigenvalue weighted by atomic mass is 9.33. The van der Waals surface area contributed by atoms with Gasteiger partial charge in [0.1, 0.15) is 11.3 Å². The molecule has 64 heavy (non-hydrogen) atoms. The minimum atomic E-state index is -0.117. The molecule has 0 saturated heterocycles. The maximum atomic E-state index is 6.40. The summed E-state index contributed by atoms with van der Waals surface area (Å²) in [7, 11) is 0. The van der Waals surface area contributed by atoms with Crippen molar-refractivity contribution in [3.8, 4) is 11.1 Å². The van der Waals surface area contributed by atoms with Crippen molar-refractivity contribution < 1.29 is 4.42 Å². The van der Waals surface area contributed by atoms with Gasteiger partial charge in [-0.2, -0.15) is 0 Å². The van der Waals surface area contributed by atoms with Gasteiger partial charge in [0.25, 0.3) is 6.71 Å². The van der Waals surface area contributed by atoms with Crippen LogP contribution in [0, 0.1) is 6.92 Å². The van der Waals surface area contributed by atoms with Gasteiger partial charge in [-0.3, -0.25) is 0 Å². The van der Waals surface area contributed by atoms with E-state index in [1.165, 1.54) is 106 Å². The fraction of sp³-hybridized carbons (Fsp3) is 0.233. The Hall–Kier alpha value is -6.52. The molecule has 3 nitrogen and oxygen atoms in total. The average molecular weight is 831 g/mol. The quantitative estimate of drug-likeness (QED) is 0.165. The van der Waals surface area contributed by atoms with Crippen molar-refractivity contribution in [1.29, 1.82) is 0 Å². The molecule has 314 valence electrons. The summed E-state index contributed by atoms with van der Waals surface area (Å²) in [6.07, 6.45) is 4.31. The van der Waals surface area contributed by atoms with E-state index < -0.39 is 0 Å². The highest BCUT2D eigenvalue weighted by Crippen LogP contribution is 2.52. The fourth-order valence-corrected chi connectivity index (χ4v) is 11.5. The van der Waals surface area contributed by atoms with Crippen LogP contribution in [0.15, 0.2) is 150 Å². The van der Waals surface area contributed by atoms with Crippen LogP contribution in [0.3, 0.4) is 0 Å². The number of rotatable bonds is 3. The summed E-state index contributed by atoms with van der Waals surface area (Å²) in [5.74, 6) is 1.09. The first-order valence-corrected chi connectivity index (χ1v) is 23.3. The molecule has 2 aliphatic heterocycles. The number of hydrogen-bond donors (Lipinski definition) is 0. The molecule has 8 aromatic rings. The van der Waals surface area contributed by atoms with Crippen molar-refractivity contribution in [3.63, 3.8) is 0 Å². The lowest BCUT2D eigenvalue weighted by Gasteiger charge is -2.45. The number of nitrogens with zero attached hydrogens (tertiary/aromatic N) is 2. The molecule has 0 N–H and O–H groups in total. The molecule has 0 unspecified atom stereocenters. The third-order valence-electron chi connectivity index (χ3n) is 14.9. The molecular formula is C60H55BN2O. The Kier molecular flexibility index (Phi) is 8.25. The van der Waals surface area contributed by atoms with Gasteiger partial charge in [-0.1, -0.05) is 146 Å². The lowest BCUT2D eigenvalue weighted by Crippen LogP contribution is -2.61. The number of allylic oxidation sites excluding steroid dienone is 1. The second-order valence-corrected chi connectivity index (χ2v) is 21.4. The highest BCUT2D eigenvalue weighted by atomic mass is 16.3. The van der Waals surface area contributed by atoms with E-state index in [0.29, 0.717) is 0 Å². The normalized spacial score (nSPS) is 15.6. The van der Waals surface area contributed by atoms with Gasteiger partial charge in [-0.05, 0) is 145 Å². The summed E-state index contributed by atoms with van der Waals surface area (Å²) in [4.78, 5) is 5.16. The van der Waals surface area contributed by atoms with Crippen LogP contribution < -0.4 is 26.2 Å². The van der Waals surface area contributed by atoms with Crippen LogP contribution in [-0.2, 0) is 22.7 Å². The Bertz CT molecular complexity index is 3290. The van der Waals surface area contributed by atoms with Crippen LogP contribution in [0.1, 0.15) is 107 Å². The number of hydrogen-bond acceptors (Lipinski definition) is 3. The van der Waals surface area contributed by atoms with E-state index in [1.807, 2.05) is 0 Å². The predicted molar refractivity (Wildman–Crippen MR) is 272 cm³/mol. The number of anilines is 6. The molecule has 3 heterocycles. The molecule has 0 radical (unpaired) electrons. The highest BCUT2D eigenvalue weighted by Gasteiger charge is 2.45. The van der Waals surface area contributed by atoms with E-state index in [2.05, 4.69) is 218 Å². The number of furan rings is 1. The largest absolute Gasteiger partial charge is 0.460 e. The smallest absolute Gasteiger partial charge is 0.252 e. The van der Waals surface area contributed by atoms with Crippen molar-refractivity contribution in [2.45, 2.75) is 91.4 Å². The second kappa shape index (κ2) is 13.5. The maximum absolute atomic E-state index is 6.40. The standard InChI is InChI=1S/C60H55BN2O/c1-36-31-52-57-53(32-36)63(41-27-28-44-43-15-10-12-18-46(43)60(8,9)47(44)35-41)51-34-39(59(5,6)7)23-29-48(51)61(57)49-33-38(58(2,3)4)24-30-50(49)62(52)40-25-21-37(22-26-40)42-17-14-20-55-56(42)45-16-11-13-19-54(45)64-55/h10-13,15-19,21-35H,14,20H2,1-9H3. The number of aryl methyl sites for hydroxylation is 2. The molecule has 0 spiro atoms. The van der Waals surface area contributed by atoms with Crippen molar-refractivity contribution in [1.82, 2.24) is 0 Å². The molecule has 0 amide bonds. The first-order chi connectivity index (χ1) is 30.7. The van der Waals surface area contributed by atoms with E-state index in [4.69, 9.17) is 4.42 Å². The molecule has 0 atom stereocenters. The third kappa shape index (κ3) is 5.67. The van der Waals surface area contributed by atoms with Crippen LogP contribution in [0.2, 0.25) is 0 Å². The zero-order valence-electron chi connectivity index (χ0n) is 38.7. The summed E-state index contributed by atoms with van der Waals surface area (Å²) in [5.41, 5.74) is 25.4. The first-order valence-electron chi connectivity index (χ1n) is 23.3. The zero-order valence-corrected chi connectivity index (χ0v) is 38.7. The van der Waals surface area contributed by atoms with Crippen molar-refractivity contribution in [2.24, 2.45) is 0 Å². The fourth-order valence-electron chi connectivity index (χ4n) is 11.5. The van der Waals surface area contributed by atoms with Crippen LogP contribution in [-0.4, -0.2) is 6.71 Å². The molecule has 12 rings (SSSR count). The first kappa shape index (κ1) is 39.1. The van der Waals surface area contributed by atoms with Gasteiger partial charge in [-0.15, -0.1) is 0 Å². The van der Waals surface area contributed by atoms with Crippen LogP contribution in [0.5, 0.6) is 0 Å². The number of para-hydroxylation sites is 1.